The molecular formula is C15H18FN3O2. The quantitative estimate of drug-likeness (QED) is 0.926. The molecule has 0 spiro atoms. The molecule has 2 heterocycles. The van der Waals surface area contributed by atoms with Crippen LogP contribution in [-0.2, 0) is 23.0 Å². The molecule has 1 aliphatic rings. The molecule has 112 valence electrons. The summed E-state index contributed by atoms with van der Waals surface area (Å²) in [7, 11) is 1.89. The number of amides is 1. The van der Waals surface area contributed by atoms with Crippen LogP contribution in [-0.4, -0.2) is 35.2 Å². The van der Waals surface area contributed by atoms with E-state index in [1.165, 1.54) is 12.1 Å². The Morgan fingerprint density at radius 1 is 1.52 bits per heavy atom. The molecule has 1 saturated heterocycles. The van der Waals surface area contributed by atoms with Crippen LogP contribution in [0.3, 0.4) is 0 Å². The summed E-state index contributed by atoms with van der Waals surface area (Å²) in [5.41, 5.74) is 1.13. The van der Waals surface area contributed by atoms with Gasteiger partial charge >= 0.3 is 0 Å². The van der Waals surface area contributed by atoms with Crippen LogP contribution in [0.5, 0.6) is 0 Å². The number of carbonyl (C=O) groups is 1. The Bertz CT molecular complexity index is 692. The summed E-state index contributed by atoms with van der Waals surface area (Å²) in [6.07, 6.45) is 0.607. The molecule has 2 aromatic rings. The first-order valence-electron chi connectivity index (χ1n) is 6.96. The van der Waals surface area contributed by atoms with Gasteiger partial charge in [-0.25, -0.2) is 9.37 Å². The van der Waals surface area contributed by atoms with E-state index in [9.17, 15) is 9.18 Å². The number of aromatic nitrogens is 2. The van der Waals surface area contributed by atoms with Gasteiger partial charge in [0.25, 0.3) is 0 Å². The lowest BCUT2D eigenvalue weighted by molar-refractivity contribution is -0.157. The third-order valence-corrected chi connectivity index (χ3v) is 3.96. The number of nitrogens with zero attached hydrogens (tertiary/aromatic N) is 2. The maximum absolute atomic E-state index is 13.2. The van der Waals surface area contributed by atoms with Gasteiger partial charge in [0.05, 0.1) is 29.7 Å². The normalized spacial score (nSPS) is 16.7. The molecular weight excluding hydrogens is 273 g/mol. The molecule has 1 aromatic heterocycles. The summed E-state index contributed by atoms with van der Waals surface area (Å²) >= 11 is 0. The molecule has 0 atom stereocenters. The van der Waals surface area contributed by atoms with E-state index < -0.39 is 5.41 Å². The van der Waals surface area contributed by atoms with Crippen molar-refractivity contribution >= 4 is 16.9 Å². The van der Waals surface area contributed by atoms with Crippen molar-refractivity contribution in [2.24, 2.45) is 12.5 Å². The van der Waals surface area contributed by atoms with Crippen LogP contribution < -0.4 is 5.32 Å². The van der Waals surface area contributed by atoms with Gasteiger partial charge in [-0.05, 0) is 19.1 Å². The second kappa shape index (κ2) is 5.11. The maximum Gasteiger partial charge on any atom is 0.230 e. The zero-order valence-electron chi connectivity index (χ0n) is 12.1. The van der Waals surface area contributed by atoms with Gasteiger partial charge < -0.3 is 14.6 Å². The van der Waals surface area contributed by atoms with Crippen molar-refractivity contribution in [3.8, 4) is 0 Å². The molecule has 3 rings (SSSR count). The lowest BCUT2D eigenvalue weighted by Gasteiger charge is -2.36. The van der Waals surface area contributed by atoms with E-state index in [-0.39, 0.29) is 11.7 Å². The van der Waals surface area contributed by atoms with Crippen LogP contribution in [0.25, 0.3) is 11.0 Å². The molecule has 0 aliphatic carbocycles. The van der Waals surface area contributed by atoms with E-state index in [0.29, 0.717) is 31.7 Å². The molecule has 0 radical (unpaired) electrons. The molecule has 1 aliphatic heterocycles. The first-order valence-corrected chi connectivity index (χ1v) is 6.96. The lowest BCUT2D eigenvalue weighted by atomic mass is 9.87. The Balaban J connectivity index is 1.65. The first kappa shape index (κ1) is 14.0. The number of ether oxygens (including phenoxy) is 1. The van der Waals surface area contributed by atoms with Crippen LogP contribution in [0.15, 0.2) is 18.2 Å². The molecule has 6 heteroatoms. The minimum Gasteiger partial charge on any atom is -0.379 e. The number of nitrogens with one attached hydrogen (secondary N) is 1. The van der Waals surface area contributed by atoms with E-state index in [0.717, 1.165) is 11.3 Å². The number of fused-ring (bicyclic) bond motifs is 1. The minimum atomic E-state index is -0.393. The van der Waals surface area contributed by atoms with E-state index >= 15 is 0 Å². The van der Waals surface area contributed by atoms with Gasteiger partial charge in [-0.1, -0.05) is 0 Å². The highest BCUT2D eigenvalue weighted by Crippen LogP contribution is 2.26. The second-order valence-electron chi connectivity index (χ2n) is 5.78. The highest BCUT2D eigenvalue weighted by molar-refractivity contribution is 5.83. The number of hydrogen-bond donors (Lipinski definition) is 1. The van der Waals surface area contributed by atoms with Crippen molar-refractivity contribution in [2.45, 2.75) is 13.3 Å². The number of rotatable bonds is 4. The number of imidazole rings is 1. The Kier molecular flexibility index (Phi) is 3.41. The summed E-state index contributed by atoms with van der Waals surface area (Å²) in [5.74, 6) is 0.544. The highest BCUT2D eigenvalue weighted by Gasteiger charge is 2.40. The Morgan fingerprint density at radius 2 is 2.29 bits per heavy atom. The summed E-state index contributed by atoms with van der Waals surface area (Å²) in [4.78, 5) is 16.4. The predicted octanol–water partition coefficient (Wildman–Crippen LogP) is 1.41. The highest BCUT2D eigenvalue weighted by atomic mass is 19.1. The molecule has 1 aromatic carbocycles. The minimum absolute atomic E-state index is 0.0126. The average Bonchev–Trinajstić information content (AvgIpc) is 2.72. The van der Waals surface area contributed by atoms with Crippen molar-refractivity contribution in [3.05, 3.63) is 29.8 Å². The third-order valence-electron chi connectivity index (χ3n) is 3.96. The average molecular weight is 291 g/mol. The molecule has 0 unspecified atom stereocenters. The van der Waals surface area contributed by atoms with Crippen LogP contribution in [0.2, 0.25) is 0 Å². The Morgan fingerprint density at radius 3 is 2.95 bits per heavy atom. The fourth-order valence-electron chi connectivity index (χ4n) is 2.49. The van der Waals surface area contributed by atoms with Crippen molar-refractivity contribution in [1.29, 1.82) is 0 Å². The monoisotopic (exact) mass is 291 g/mol. The molecule has 21 heavy (non-hydrogen) atoms. The van der Waals surface area contributed by atoms with Gasteiger partial charge in [-0.15, -0.1) is 0 Å². The SMILES string of the molecule is Cn1c(CCNC(=O)C2(C)COC2)nc2cc(F)ccc21. The van der Waals surface area contributed by atoms with E-state index in [1.807, 2.05) is 18.5 Å². The van der Waals surface area contributed by atoms with Crippen molar-refractivity contribution in [3.63, 3.8) is 0 Å². The number of hydrogen-bond acceptors (Lipinski definition) is 3. The van der Waals surface area contributed by atoms with Gasteiger partial charge in [-0.3, -0.25) is 4.79 Å². The Hall–Kier alpha value is -1.95. The fourth-order valence-corrected chi connectivity index (χ4v) is 2.49. The molecule has 1 amide bonds. The van der Waals surface area contributed by atoms with Gasteiger partial charge in [0.15, 0.2) is 0 Å². The first-order chi connectivity index (χ1) is 9.99. The van der Waals surface area contributed by atoms with Crippen LogP contribution in [0.4, 0.5) is 4.39 Å². The zero-order chi connectivity index (χ0) is 15.0. The number of carbonyl (C=O) groups excluding carboxylic acids is 1. The van der Waals surface area contributed by atoms with Gasteiger partial charge in [0.1, 0.15) is 11.6 Å². The third kappa shape index (κ3) is 2.51. The van der Waals surface area contributed by atoms with Crippen LogP contribution in [0, 0.1) is 11.2 Å². The van der Waals surface area contributed by atoms with Crippen LogP contribution in [0.1, 0.15) is 12.7 Å². The van der Waals surface area contributed by atoms with E-state index in [2.05, 4.69) is 10.3 Å². The van der Waals surface area contributed by atoms with E-state index in [4.69, 9.17) is 4.74 Å². The van der Waals surface area contributed by atoms with Crippen LogP contribution >= 0.6 is 0 Å². The summed E-state index contributed by atoms with van der Waals surface area (Å²) in [6, 6.07) is 4.56. The summed E-state index contributed by atoms with van der Waals surface area (Å²) < 4.78 is 20.2. The predicted molar refractivity (Wildman–Crippen MR) is 76.3 cm³/mol. The molecule has 1 N–H and O–H groups in total. The van der Waals surface area contributed by atoms with Crippen molar-refractivity contribution < 1.29 is 13.9 Å². The smallest absolute Gasteiger partial charge is 0.230 e. The van der Waals surface area contributed by atoms with Gasteiger partial charge in [0.2, 0.25) is 5.91 Å². The molecule has 0 bridgehead atoms. The topological polar surface area (TPSA) is 56.2 Å². The van der Waals surface area contributed by atoms with Crippen molar-refractivity contribution in [1.82, 2.24) is 14.9 Å². The maximum atomic E-state index is 13.2. The molecule has 5 nitrogen and oxygen atoms in total. The number of benzene rings is 1. The van der Waals surface area contributed by atoms with Crippen molar-refractivity contribution in [2.75, 3.05) is 19.8 Å². The molecule has 1 fully saturated rings. The standard InChI is InChI=1S/C15H18FN3O2/c1-15(8-21-9-15)14(20)17-6-5-13-18-11-7-10(16)3-4-12(11)19(13)2/h3-4,7H,5-6,8-9H2,1-2H3,(H,17,20). The molecule has 0 saturated carbocycles. The second-order valence-corrected chi connectivity index (χ2v) is 5.78. The number of halogens is 1. The number of aryl methyl sites for hydroxylation is 1. The summed E-state index contributed by atoms with van der Waals surface area (Å²) in [6.45, 7) is 3.35. The lowest BCUT2D eigenvalue weighted by Crippen LogP contribution is -2.52. The van der Waals surface area contributed by atoms with Gasteiger partial charge in [-0.2, -0.15) is 0 Å². The largest absolute Gasteiger partial charge is 0.379 e. The Labute approximate surface area is 122 Å². The fraction of sp³-hybridized carbons (Fsp3) is 0.467. The summed E-state index contributed by atoms with van der Waals surface area (Å²) in [5, 5.41) is 2.91. The van der Waals surface area contributed by atoms with Gasteiger partial charge in [0, 0.05) is 26.1 Å². The van der Waals surface area contributed by atoms with E-state index in [1.54, 1.807) is 6.07 Å². The zero-order valence-corrected chi connectivity index (χ0v) is 12.1.